The minimum atomic E-state index is -0.230. The molecule has 0 saturated heterocycles. The Labute approximate surface area is 146 Å². The predicted octanol–water partition coefficient (Wildman–Crippen LogP) is 1.92. The van der Waals surface area contributed by atoms with Crippen molar-refractivity contribution in [3.05, 3.63) is 47.8 Å². The fourth-order valence-corrected chi connectivity index (χ4v) is 1.88. The lowest BCUT2D eigenvalue weighted by Gasteiger charge is -2.12. The molecule has 0 spiro atoms. The van der Waals surface area contributed by atoms with E-state index in [1.165, 1.54) is 6.07 Å². The van der Waals surface area contributed by atoms with E-state index in [1.807, 2.05) is 11.5 Å². The summed E-state index contributed by atoms with van der Waals surface area (Å²) in [7, 11) is 1.67. The molecule has 6 nitrogen and oxygen atoms in total. The van der Waals surface area contributed by atoms with Gasteiger partial charge in [0.2, 0.25) is 0 Å². The molecule has 0 amide bonds. The lowest BCUT2D eigenvalue weighted by molar-refractivity contribution is 0.604. The van der Waals surface area contributed by atoms with Crippen molar-refractivity contribution in [3.8, 4) is 0 Å². The van der Waals surface area contributed by atoms with Crippen molar-refractivity contribution < 1.29 is 4.39 Å². The van der Waals surface area contributed by atoms with Crippen LogP contribution in [0.2, 0.25) is 0 Å². The highest BCUT2D eigenvalue weighted by atomic mass is 127. The molecule has 0 aliphatic rings. The predicted molar refractivity (Wildman–Crippen MR) is 94.5 cm³/mol. The summed E-state index contributed by atoms with van der Waals surface area (Å²) in [6, 6.07) is 6.66. The van der Waals surface area contributed by atoms with Crippen molar-refractivity contribution in [3.63, 3.8) is 0 Å². The first-order valence-electron chi connectivity index (χ1n) is 6.79. The molecule has 0 saturated carbocycles. The largest absolute Gasteiger partial charge is 0.352 e. The van der Waals surface area contributed by atoms with Crippen LogP contribution in [-0.2, 0) is 19.6 Å². The Kier molecular flexibility index (Phi) is 7.78. The summed E-state index contributed by atoms with van der Waals surface area (Å²) in [6.07, 6.45) is 1.69. The number of hydrogen-bond donors (Lipinski definition) is 2. The van der Waals surface area contributed by atoms with Gasteiger partial charge in [0.15, 0.2) is 11.8 Å². The highest BCUT2D eigenvalue weighted by molar-refractivity contribution is 14.0. The third-order valence-corrected chi connectivity index (χ3v) is 3.08. The monoisotopic (exact) mass is 418 g/mol. The van der Waals surface area contributed by atoms with Crippen LogP contribution in [0.1, 0.15) is 18.3 Å². The normalized spacial score (nSPS) is 11.0. The van der Waals surface area contributed by atoms with Gasteiger partial charge < -0.3 is 15.2 Å². The van der Waals surface area contributed by atoms with Crippen LogP contribution in [0.25, 0.3) is 0 Å². The minimum absolute atomic E-state index is 0. The number of nitrogens with one attached hydrogen (secondary N) is 2. The zero-order chi connectivity index (χ0) is 15.1. The second-order valence-electron chi connectivity index (χ2n) is 4.40. The maximum Gasteiger partial charge on any atom is 0.191 e. The number of guanidine groups is 1. The number of aromatic nitrogens is 3. The molecule has 22 heavy (non-hydrogen) atoms. The van der Waals surface area contributed by atoms with Crippen LogP contribution in [0.15, 0.2) is 35.6 Å². The number of nitrogens with zero attached hydrogens (tertiary/aromatic N) is 4. The Morgan fingerprint density at radius 3 is 2.68 bits per heavy atom. The minimum Gasteiger partial charge on any atom is -0.352 e. The molecule has 0 unspecified atom stereocenters. The molecule has 2 aromatic rings. The van der Waals surface area contributed by atoms with Gasteiger partial charge in [0.25, 0.3) is 0 Å². The molecule has 1 aromatic heterocycles. The van der Waals surface area contributed by atoms with Crippen LogP contribution in [0, 0.1) is 5.82 Å². The molecule has 0 atom stereocenters. The van der Waals surface area contributed by atoms with Gasteiger partial charge in [-0.1, -0.05) is 18.2 Å². The van der Waals surface area contributed by atoms with E-state index >= 15 is 0 Å². The van der Waals surface area contributed by atoms with Gasteiger partial charge in [-0.2, -0.15) is 0 Å². The van der Waals surface area contributed by atoms with Crippen LogP contribution in [0.5, 0.6) is 0 Å². The molecular weight excluding hydrogens is 398 g/mol. The first-order chi connectivity index (χ1) is 10.2. The van der Waals surface area contributed by atoms with Gasteiger partial charge in [0.05, 0.1) is 6.54 Å². The molecular formula is C14H20FIN6. The molecule has 2 N–H and O–H groups in total. The summed E-state index contributed by atoms with van der Waals surface area (Å²) in [5.41, 5.74) is 0.595. The van der Waals surface area contributed by atoms with E-state index in [0.717, 1.165) is 12.4 Å². The summed E-state index contributed by atoms with van der Waals surface area (Å²) < 4.78 is 15.5. The number of aliphatic imine (C=N–C) groups is 1. The van der Waals surface area contributed by atoms with E-state index in [-0.39, 0.29) is 29.8 Å². The average Bonchev–Trinajstić information content (AvgIpc) is 2.96. The maximum absolute atomic E-state index is 13.5. The zero-order valence-electron chi connectivity index (χ0n) is 12.6. The van der Waals surface area contributed by atoms with Crippen molar-refractivity contribution in [2.75, 3.05) is 7.05 Å². The van der Waals surface area contributed by atoms with Gasteiger partial charge in [0.1, 0.15) is 12.1 Å². The fraction of sp³-hybridized carbons (Fsp3) is 0.357. The Balaban J connectivity index is 0.00000242. The molecule has 0 aliphatic carbocycles. The van der Waals surface area contributed by atoms with Crippen molar-refractivity contribution in [2.24, 2.45) is 4.99 Å². The number of hydrogen-bond acceptors (Lipinski definition) is 3. The summed E-state index contributed by atoms with van der Waals surface area (Å²) in [4.78, 5) is 4.10. The van der Waals surface area contributed by atoms with Crippen LogP contribution in [0.3, 0.4) is 0 Å². The highest BCUT2D eigenvalue weighted by Gasteiger charge is 2.05. The van der Waals surface area contributed by atoms with Crippen LogP contribution < -0.4 is 10.6 Å². The molecule has 0 fully saturated rings. The lowest BCUT2D eigenvalue weighted by atomic mass is 10.2. The van der Waals surface area contributed by atoms with E-state index in [4.69, 9.17) is 0 Å². The summed E-state index contributed by atoms with van der Waals surface area (Å²) >= 11 is 0. The molecule has 8 heteroatoms. The second-order valence-corrected chi connectivity index (χ2v) is 4.40. The van der Waals surface area contributed by atoms with Gasteiger partial charge in [-0.25, -0.2) is 4.39 Å². The van der Waals surface area contributed by atoms with E-state index in [9.17, 15) is 4.39 Å². The van der Waals surface area contributed by atoms with Gasteiger partial charge in [-0.05, 0) is 13.0 Å². The number of rotatable bonds is 5. The highest BCUT2D eigenvalue weighted by Crippen LogP contribution is 2.05. The molecule has 0 aliphatic heterocycles. The van der Waals surface area contributed by atoms with Gasteiger partial charge in [-0.3, -0.25) is 4.99 Å². The third-order valence-electron chi connectivity index (χ3n) is 3.08. The summed E-state index contributed by atoms with van der Waals surface area (Å²) in [6.45, 7) is 3.71. The average molecular weight is 418 g/mol. The Morgan fingerprint density at radius 1 is 1.27 bits per heavy atom. The Morgan fingerprint density at radius 2 is 2.00 bits per heavy atom. The number of benzene rings is 1. The Bertz CT molecular complexity index is 613. The van der Waals surface area contributed by atoms with Gasteiger partial charge >= 0.3 is 0 Å². The van der Waals surface area contributed by atoms with E-state index < -0.39 is 0 Å². The SMILES string of the molecule is CCn1cnnc1CNC(=NC)NCc1ccccc1F.I. The molecule has 120 valence electrons. The summed E-state index contributed by atoms with van der Waals surface area (Å²) in [5, 5.41) is 14.1. The van der Waals surface area contributed by atoms with Crippen LogP contribution >= 0.6 is 24.0 Å². The van der Waals surface area contributed by atoms with E-state index in [0.29, 0.717) is 24.6 Å². The van der Waals surface area contributed by atoms with E-state index in [2.05, 4.69) is 25.8 Å². The fourth-order valence-electron chi connectivity index (χ4n) is 1.88. The molecule has 1 heterocycles. The number of aryl methyl sites for hydroxylation is 1. The van der Waals surface area contributed by atoms with E-state index in [1.54, 1.807) is 31.6 Å². The zero-order valence-corrected chi connectivity index (χ0v) is 14.9. The molecule has 0 radical (unpaired) electrons. The van der Waals surface area contributed by atoms with Gasteiger partial charge in [-0.15, -0.1) is 34.2 Å². The second kappa shape index (κ2) is 9.34. The van der Waals surface area contributed by atoms with Crippen LogP contribution in [-0.4, -0.2) is 27.8 Å². The van der Waals surface area contributed by atoms with Gasteiger partial charge in [0, 0.05) is 25.7 Å². The topological polar surface area (TPSA) is 67.1 Å². The first-order valence-corrected chi connectivity index (χ1v) is 6.79. The quantitative estimate of drug-likeness (QED) is 0.443. The molecule has 1 aromatic carbocycles. The molecule has 0 bridgehead atoms. The van der Waals surface area contributed by atoms with Crippen molar-refractivity contribution >= 4 is 29.9 Å². The standard InChI is InChI=1S/C14H19FN6.HI/c1-3-21-10-19-20-13(21)9-18-14(16-2)17-8-11-6-4-5-7-12(11)15;/h4-7,10H,3,8-9H2,1-2H3,(H2,16,17,18);1H. The third kappa shape index (κ3) is 4.93. The lowest BCUT2D eigenvalue weighted by Crippen LogP contribution is -2.37. The Hall–Kier alpha value is -1.71. The number of halogens is 2. The smallest absolute Gasteiger partial charge is 0.191 e. The van der Waals surface area contributed by atoms with Crippen molar-refractivity contribution in [1.29, 1.82) is 0 Å². The maximum atomic E-state index is 13.5. The van der Waals surface area contributed by atoms with Crippen molar-refractivity contribution in [2.45, 2.75) is 26.6 Å². The molecule has 2 rings (SSSR count). The first kappa shape index (κ1) is 18.3. The van der Waals surface area contributed by atoms with Crippen molar-refractivity contribution in [1.82, 2.24) is 25.4 Å². The summed E-state index contributed by atoms with van der Waals surface area (Å²) in [5.74, 6) is 1.18. The van der Waals surface area contributed by atoms with Crippen LogP contribution in [0.4, 0.5) is 4.39 Å².